The van der Waals surface area contributed by atoms with Crippen LogP contribution in [0.3, 0.4) is 0 Å². The lowest BCUT2D eigenvalue weighted by molar-refractivity contribution is -0.162. The maximum Gasteiger partial charge on any atom is 0.342 e. The first-order valence-corrected chi connectivity index (χ1v) is 5.55. The summed E-state index contributed by atoms with van der Waals surface area (Å²) in [7, 11) is 0. The Hall–Kier alpha value is -1.67. The standard InChI is InChI=1S/C12H17NO4/c1-3-4-5-6-10(7-8-13)12(16)17-11(15)9(2)14/h7,9,14H,3-6H2,1-2H3. The second kappa shape index (κ2) is 8.48. The van der Waals surface area contributed by atoms with Gasteiger partial charge in [-0.15, -0.1) is 0 Å². The first-order valence-electron chi connectivity index (χ1n) is 5.55. The van der Waals surface area contributed by atoms with Gasteiger partial charge >= 0.3 is 11.9 Å². The first kappa shape index (κ1) is 15.3. The molecule has 0 fully saturated rings. The number of allylic oxidation sites excluding steroid dienone is 1. The van der Waals surface area contributed by atoms with Crippen molar-refractivity contribution in [2.75, 3.05) is 0 Å². The summed E-state index contributed by atoms with van der Waals surface area (Å²) < 4.78 is 4.41. The van der Waals surface area contributed by atoms with Gasteiger partial charge in [-0.25, -0.2) is 9.59 Å². The average Bonchev–Trinajstić information content (AvgIpc) is 2.27. The van der Waals surface area contributed by atoms with E-state index in [2.05, 4.69) is 4.74 Å². The molecule has 0 aromatic rings. The van der Waals surface area contributed by atoms with Gasteiger partial charge in [-0.2, -0.15) is 5.26 Å². The van der Waals surface area contributed by atoms with E-state index in [1.165, 1.54) is 6.92 Å². The minimum Gasteiger partial charge on any atom is -0.388 e. The molecule has 1 atom stereocenters. The van der Waals surface area contributed by atoms with E-state index in [1.54, 1.807) is 6.07 Å². The van der Waals surface area contributed by atoms with Crippen molar-refractivity contribution in [2.45, 2.75) is 45.6 Å². The van der Waals surface area contributed by atoms with Crippen LogP contribution in [0.25, 0.3) is 0 Å². The van der Waals surface area contributed by atoms with Gasteiger partial charge in [-0.3, -0.25) is 0 Å². The van der Waals surface area contributed by atoms with Gasteiger partial charge in [-0.05, 0) is 19.8 Å². The summed E-state index contributed by atoms with van der Waals surface area (Å²) in [6, 6.07) is 1.74. The van der Waals surface area contributed by atoms with Crippen molar-refractivity contribution >= 4 is 11.9 Å². The lowest BCUT2D eigenvalue weighted by atomic mass is 10.1. The van der Waals surface area contributed by atoms with E-state index in [0.29, 0.717) is 6.42 Å². The second-order valence-corrected chi connectivity index (χ2v) is 3.64. The lowest BCUT2D eigenvalue weighted by Gasteiger charge is -2.06. The molecule has 0 spiro atoms. The molecule has 0 rings (SSSR count). The van der Waals surface area contributed by atoms with Gasteiger partial charge in [0.05, 0.1) is 6.07 Å². The molecule has 0 aliphatic rings. The third-order valence-corrected chi connectivity index (χ3v) is 2.09. The highest BCUT2D eigenvalue weighted by molar-refractivity contribution is 5.97. The number of carbonyl (C=O) groups excluding carboxylic acids is 2. The number of aliphatic hydroxyl groups excluding tert-OH is 1. The van der Waals surface area contributed by atoms with Crippen molar-refractivity contribution in [3.05, 3.63) is 11.6 Å². The second-order valence-electron chi connectivity index (χ2n) is 3.64. The Morgan fingerprint density at radius 3 is 2.59 bits per heavy atom. The molecule has 1 N–H and O–H groups in total. The molecule has 94 valence electrons. The van der Waals surface area contributed by atoms with Gasteiger partial charge in [-0.1, -0.05) is 19.8 Å². The smallest absolute Gasteiger partial charge is 0.342 e. The van der Waals surface area contributed by atoms with Gasteiger partial charge in [0.1, 0.15) is 6.10 Å². The van der Waals surface area contributed by atoms with Crippen LogP contribution < -0.4 is 0 Å². The molecule has 0 amide bonds. The van der Waals surface area contributed by atoms with Gasteiger partial charge in [0.2, 0.25) is 0 Å². The largest absolute Gasteiger partial charge is 0.388 e. The molecule has 0 aliphatic heterocycles. The third kappa shape index (κ3) is 6.48. The van der Waals surface area contributed by atoms with Gasteiger partial charge in [0.25, 0.3) is 0 Å². The molecule has 0 radical (unpaired) electrons. The van der Waals surface area contributed by atoms with Crippen LogP contribution in [0.15, 0.2) is 11.6 Å². The minimum atomic E-state index is -1.35. The Bertz CT molecular complexity index is 339. The molecule has 5 heteroatoms. The van der Waals surface area contributed by atoms with E-state index in [9.17, 15) is 9.59 Å². The molecule has 0 bridgehead atoms. The molecule has 17 heavy (non-hydrogen) atoms. The number of carbonyl (C=O) groups is 2. The highest BCUT2D eigenvalue weighted by Gasteiger charge is 2.18. The summed E-state index contributed by atoms with van der Waals surface area (Å²) >= 11 is 0. The molecule has 5 nitrogen and oxygen atoms in total. The number of rotatable bonds is 6. The van der Waals surface area contributed by atoms with Gasteiger partial charge in [0, 0.05) is 11.6 Å². The monoisotopic (exact) mass is 239 g/mol. The van der Waals surface area contributed by atoms with Crippen molar-refractivity contribution in [3.63, 3.8) is 0 Å². The maximum absolute atomic E-state index is 11.5. The van der Waals surface area contributed by atoms with E-state index in [-0.39, 0.29) is 5.57 Å². The van der Waals surface area contributed by atoms with Crippen LogP contribution in [0.2, 0.25) is 0 Å². The molecule has 0 saturated carbocycles. The summed E-state index contributed by atoms with van der Waals surface area (Å²) in [5, 5.41) is 17.4. The van der Waals surface area contributed by atoms with E-state index < -0.39 is 18.0 Å². The van der Waals surface area contributed by atoms with Gasteiger partial charge < -0.3 is 9.84 Å². The van der Waals surface area contributed by atoms with Crippen molar-refractivity contribution < 1.29 is 19.4 Å². The zero-order valence-corrected chi connectivity index (χ0v) is 10.1. The first-order chi connectivity index (χ1) is 8.02. The zero-order chi connectivity index (χ0) is 13.3. The number of hydrogen-bond donors (Lipinski definition) is 1. The summed E-state index contributed by atoms with van der Waals surface area (Å²) in [5.74, 6) is -1.86. The Kier molecular flexibility index (Phi) is 7.65. The Balaban J connectivity index is 4.42. The Morgan fingerprint density at radius 2 is 2.12 bits per heavy atom. The SMILES string of the molecule is CCCCCC(=CC#N)C(=O)OC(=O)C(C)O. The molecule has 0 aromatic carbocycles. The van der Waals surface area contributed by atoms with Crippen LogP contribution in [0, 0.1) is 11.3 Å². The summed E-state index contributed by atoms with van der Waals surface area (Å²) in [6.45, 7) is 3.23. The Morgan fingerprint density at radius 1 is 1.47 bits per heavy atom. The predicted molar refractivity (Wildman–Crippen MR) is 60.6 cm³/mol. The number of unbranched alkanes of at least 4 members (excludes halogenated alkanes) is 2. The third-order valence-electron chi connectivity index (χ3n) is 2.09. The number of esters is 2. The number of nitrogens with zero attached hydrogens (tertiary/aromatic N) is 1. The fourth-order valence-corrected chi connectivity index (χ4v) is 1.12. The van der Waals surface area contributed by atoms with E-state index in [1.807, 2.05) is 6.92 Å². The Labute approximate surface area is 101 Å². The fourth-order valence-electron chi connectivity index (χ4n) is 1.12. The van der Waals surface area contributed by atoms with Crippen molar-refractivity contribution in [1.29, 1.82) is 5.26 Å². The maximum atomic E-state index is 11.5. The molecule has 0 aliphatic carbocycles. The molecule has 0 saturated heterocycles. The lowest BCUT2D eigenvalue weighted by Crippen LogP contribution is -2.23. The van der Waals surface area contributed by atoms with Crippen LogP contribution in [0.4, 0.5) is 0 Å². The van der Waals surface area contributed by atoms with E-state index >= 15 is 0 Å². The van der Waals surface area contributed by atoms with Crippen LogP contribution in [-0.4, -0.2) is 23.1 Å². The summed E-state index contributed by atoms with van der Waals surface area (Å²) in [4.78, 5) is 22.5. The predicted octanol–water partition coefficient (Wildman–Crippen LogP) is 1.47. The van der Waals surface area contributed by atoms with Crippen molar-refractivity contribution in [2.24, 2.45) is 0 Å². The summed E-state index contributed by atoms with van der Waals surface area (Å²) in [6.07, 6.45) is 2.79. The number of ether oxygens (including phenoxy) is 1. The van der Waals surface area contributed by atoms with Crippen LogP contribution in [-0.2, 0) is 14.3 Å². The summed E-state index contributed by atoms with van der Waals surface area (Å²) in [5.41, 5.74) is 0.162. The molecule has 0 aromatic heterocycles. The molecule has 1 unspecified atom stereocenters. The fraction of sp³-hybridized carbons (Fsp3) is 0.583. The minimum absolute atomic E-state index is 0.162. The number of hydrogen-bond acceptors (Lipinski definition) is 5. The topological polar surface area (TPSA) is 87.4 Å². The average molecular weight is 239 g/mol. The molecular formula is C12H17NO4. The highest BCUT2D eigenvalue weighted by atomic mass is 16.6. The number of aliphatic hydroxyl groups is 1. The van der Waals surface area contributed by atoms with Crippen LogP contribution in [0.1, 0.15) is 39.5 Å². The van der Waals surface area contributed by atoms with Crippen LogP contribution in [0.5, 0.6) is 0 Å². The van der Waals surface area contributed by atoms with Gasteiger partial charge in [0.15, 0.2) is 0 Å². The van der Waals surface area contributed by atoms with E-state index in [4.69, 9.17) is 10.4 Å². The van der Waals surface area contributed by atoms with E-state index in [0.717, 1.165) is 25.3 Å². The number of nitriles is 1. The molecule has 0 heterocycles. The normalized spacial score (nSPS) is 12.7. The highest BCUT2D eigenvalue weighted by Crippen LogP contribution is 2.11. The molecular weight excluding hydrogens is 222 g/mol. The van der Waals surface area contributed by atoms with Crippen LogP contribution >= 0.6 is 0 Å². The quantitative estimate of drug-likeness (QED) is 0.249. The zero-order valence-electron chi connectivity index (χ0n) is 10.1. The van der Waals surface area contributed by atoms with Crippen molar-refractivity contribution in [1.82, 2.24) is 0 Å². The van der Waals surface area contributed by atoms with Crippen molar-refractivity contribution in [3.8, 4) is 6.07 Å².